The third-order valence-electron chi connectivity index (χ3n) is 7.50. The van der Waals surface area contributed by atoms with E-state index in [0.717, 1.165) is 6.07 Å². The predicted octanol–water partition coefficient (Wildman–Crippen LogP) is 6.42. The average molecular weight is 621 g/mol. The topological polar surface area (TPSA) is 103 Å². The van der Waals surface area contributed by atoms with Gasteiger partial charge in [0.2, 0.25) is 5.91 Å². The van der Waals surface area contributed by atoms with Crippen LogP contribution in [0.4, 0.5) is 14.5 Å². The van der Waals surface area contributed by atoms with E-state index in [4.69, 9.17) is 38.4 Å². The SMILES string of the molecule is COC(=O)c1ccc(NC(=O)[C@@H]2NC(CC(C)(C)C)[C@](N)(c3ccc(Cl)cc3F)[C@H]2c2cccc(Cl)c2F)c(OC)c1. The molecule has 1 heterocycles. The normalized spacial score (nSPS) is 22.1. The van der Waals surface area contributed by atoms with Crippen molar-refractivity contribution in [2.24, 2.45) is 11.1 Å². The molecule has 4 N–H and O–H groups in total. The molecule has 0 aromatic heterocycles. The predicted molar refractivity (Wildman–Crippen MR) is 159 cm³/mol. The van der Waals surface area contributed by atoms with Crippen molar-refractivity contribution < 1.29 is 27.8 Å². The van der Waals surface area contributed by atoms with E-state index >= 15 is 8.78 Å². The maximum absolute atomic E-state index is 15.8. The number of esters is 1. The molecule has 3 aromatic carbocycles. The molecule has 42 heavy (non-hydrogen) atoms. The molecule has 1 unspecified atom stereocenters. The Bertz CT molecular complexity index is 1510. The molecule has 224 valence electrons. The van der Waals surface area contributed by atoms with Crippen LogP contribution in [0.1, 0.15) is 54.6 Å². The van der Waals surface area contributed by atoms with Gasteiger partial charge in [-0.25, -0.2) is 13.6 Å². The lowest BCUT2D eigenvalue weighted by molar-refractivity contribution is -0.118. The number of carbonyl (C=O) groups is 2. The minimum Gasteiger partial charge on any atom is -0.495 e. The van der Waals surface area contributed by atoms with Gasteiger partial charge in [-0.05, 0) is 53.8 Å². The van der Waals surface area contributed by atoms with E-state index in [1.54, 1.807) is 6.07 Å². The Labute approximate surface area is 253 Å². The molecule has 1 amide bonds. The standard InChI is InChI=1S/C31H33Cl2F2N3O4/c1-30(2,3)15-24-31(36,19-11-10-17(32)14-21(19)34)25(18-7-6-8-20(33)26(18)35)27(38-24)28(39)37-22-12-9-16(29(40)42-5)13-23(22)41-4/h6-14,24-25,27,38H,15,36H2,1-5H3,(H,37,39)/t24?,25-,27+,31+/m0/s1. The number of amides is 1. The Morgan fingerprint density at radius 3 is 2.40 bits per heavy atom. The number of benzene rings is 3. The minimum absolute atomic E-state index is 0.0522. The number of anilines is 1. The first-order valence-electron chi connectivity index (χ1n) is 13.2. The fourth-order valence-electron chi connectivity index (χ4n) is 5.65. The van der Waals surface area contributed by atoms with Crippen LogP contribution in [0.2, 0.25) is 10.0 Å². The maximum atomic E-state index is 15.8. The molecule has 1 saturated heterocycles. The van der Waals surface area contributed by atoms with E-state index < -0.39 is 47.1 Å². The van der Waals surface area contributed by atoms with Gasteiger partial charge in [-0.1, -0.05) is 62.2 Å². The second-order valence-electron chi connectivity index (χ2n) is 11.5. The Kier molecular flexibility index (Phi) is 9.18. The van der Waals surface area contributed by atoms with E-state index in [1.807, 2.05) is 20.8 Å². The summed E-state index contributed by atoms with van der Waals surface area (Å²) in [5.74, 6) is -3.51. The number of carbonyl (C=O) groups excluding carboxylic acids is 2. The first-order valence-corrected chi connectivity index (χ1v) is 14.0. The van der Waals surface area contributed by atoms with E-state index in [1.165, 1.54) is 56.7 Å². The minimum atomic E-state index is -1.62. The molecule has 1 aliphatic rings. The van der Waals surface area contributed by atoms with Crippen molar-refractivity contribution in [1.82, 2.24) is 5.32 Å². The van der Waals surface area contributed by atoms with Crippen LogP contribution < -0.4 is 21.1 Å². The summed E-state index contributed by atoms with van der Waals surface area (Å²) in [6.07, 6.45) is 0.408. The highest BCUT2D eigenvalue weighted by molar-refractivity contribution is 6.31. The Morgan fingerprint density at radius 2 is 1.79 bits per heavy atom. The molecule has 4 rings (SSSR count). The number of nitrogens with two attached hydrogens (primary N) is 1. The third-order valence-corrected chi connectivity index (χ3v) is 8.03. The lowest BCUT2D eigenvalue weighted by atomic mass is 9.68. The van der Waals surface area contributed by atoms with Crippen molar-refractivity contribution in [2.45, 2.75) is 50.7 Å². The van der Waals surface area contributed by atoms with Gasteiger partial charge in [0.15, 0.2) is 0 Å². The summed E-state index contributed by atoms with van der Waals surface area (Å²) in [7, 11) is 2.64. The van der Waals surface area contributed by atoms with Gasteiger partial charge < -0.3 is 25.8 Å². The van der Waals surface area contributed by atoms with E-state index in [2.05, 4.69) is 10.6 Å². The molecule has 0 aliphatic carbocycles. The number of hydrogen-bond acceptors (Lipinski definition) is 6. The van der Waals surface area contributed by atoms with Crippen molar-refractivity contribution in [3.05, 3.63) is 93.0 Å². The van der Waals surface area contributed by atoms with Gasteiger partial charge >= 0.3 is 5.97 Å². The van der Waals surface area contributed by atoms with Crippen LogP contribution in [0.15, 0.2) is 54.6 Å². The van der Waals surface area contributed by atoms with E-state index in [-0.39, 0.29) is 43.6 Å². The average Bonchev–Trinajstić information content (AvgIpc) is 3.20. The molecule has 0 radical (unpaired) electrons. The van der Waals surface area contributed by atoms with Gasteiger partial charge in [0.1, 0.15) is 17.4 Å². The molecule has 1 aliphatic heterocycles. The molecular formula is C31H33Cl2F2N3O4. The zero-order valence-corrected chi connectivity index (χ0v) is 25.4. The molecule has 4 atom stereocenters. The Morgan fingerprint density at radius 1 is 1.07 bits per heavy atom. The van der Waals surface area contributed by atoms with Gasteiger partial charge in [-0.15, -0.1) is 0 Å². The molecule has 3 aromatic rings. The molecular weight excluding hydrogens is 587 g/mol. The quantitative estimate of drug-likeness (QED) is 0.264. The van der Waals surface area contributed by atoms with Gasteiger partial charge in [0.25, 0.3) is 0 Å². The van der Waals surface area contributed by atoms with Crippen LogP contribution in [0.25, 0.3) is 0 Å². The largest absolute Gasteiger partial charge is 0.495 e. The highest BCUT2D eigenvalue weighted by Gasteiger charge is 2.58. The molecule has 0 bridgehead atoms. The zero-order chi connectivity index (χ0) is 31.0. The second-order valence-corrected chi connectivity index (χ2v) is 12.4. The van der Waals surface area contributed by atoms with Crippen LogP contribution in [0.3, 0.4) is 0 Å². The van der Waals surface area contributed by atoms with Crippen LogP contribution in [-0.2, 0) is 15.1 Å². The van der Waals surface area contributed by atoms with Crippen molar-refractivity contribution in [1.29, 1.82) is 0 Å². The van der Waals surface area contributed by atoms with Crippen molar-refractivity contribution in [2.75, 3.05) is 19.5 Å². The lowest BCUT2D eigenvalue weighted by Crippen LogP contribution is -2.52. The summed E-state index contributed by atoms with van der Waals surface area (Å²) in [4.78, 5) is 26.1. The number of nitrogens with one attached hydrogen (secondary N) is 2. The fraction of sp³-hybridized carbons (Fsp3) is 0.355. The van der Waals surface area contributed by atoms with Gasteiger partial charge in [-0.3, -0.25) is 4.79 Å². The molecule has 7 nitrogen and oxygen atoms in total. The number of ether oxygens (including phenoxy) is 2. The highest BCUT2D eigenvalue weighted by Crippen LogP contribution is 2.50. The molecule has 0 saturated carbocycles. The van der Waals surface area contributed by atoms with Crippen LogP contribution in [-0.4, -0.2) is 38.2 Å². The summed E-state index contributed by atoms with van der Waals surface area (Å²) < 4.78 is 41.6. The van der Waals surface area contributed by atoms with E-state index in [0.29, 0.717) is 6.42 Å². The number of methoxy groups -OCH3 is 2. The van der Waals surface area contributed by atoms with Crippen molar-refractivity contribution in [3.8, 4) is 5.75 Å². The summed E-state index contributed by atoms with van der Waals surface area (Å²) in [6.45, 7) is 5.97. The van der Waals surface area contributed by atoms with Gasteiger partial charge in [-0.2, -0.15) is 0 Å². The van der Waals surface area contributed by atoms with Crippen LogP contribution in [0, 0.1) is 17.0 Å². The second kappa shape index (κ2) is 12.2. The summed E-state index contributed by atoms with van der Waals surface area (Å²) in [5.41, 5.74) is 5.88. The zero-order valence-electron chi connectivity index (χ0n) is 23.9. The molecule has 0 spiro atoms. The number of rotatable bonds is 7. The van der Waals surface area contributed by atoms with Crippen molar-refractivity contribution >= 4 is 40.8 Å². The summed E-state index contributed by atoms with van der Waals surface area (Å²) in [6, 6.07) is 11.1. The number of hydrogen-bond donors (Lipinski definition) is 3. The highest BCUT2D eigenvalue weighted by atomic mass is 35.5. The van der Waals surface area contributed by atoms with Gasteiger partial charge in [0, 0.05) is 22.5 Å². The van der Waals surface area contributed by atoms with Crippen LogP contribution in [0.5, 0.6) is 5.75 Å². The number of halogens is 4. The fourth-order valence-corrected chi connectivity index (χ4v) is 5.99. The Balaban J connectivity index is 1.88. The van der Waals surface area contributed by atoms with Crippen molar-refractivity contribution in [3.63, 3.8) is 0 Å². The van der Waals surface area contributed by atoms with Crippen LogP contribution >= 0.6 is 23.2 Å². The summed E-state index contributed by atoms with van der Waals surface area (Å²) in [5, 5.41) is 6.13. The summed E-state index contributed by atoms with van der Waals surface area (Å²) >= 11 is 12.3. The molecule has 11 heteroatoms. The third kappa shape index (κ3) is 6.10. The maximum Gasteiger partial charge on any atom is 0.337 e. The monoisotopic (exact) mass is 619 g/mol. The lowest BCUT2D eigenvalue weighted by Gasteiger charge is -2.40. The first kappa shape index (κ1) is 31.7. The smallest absolute Gasteiger partial charge is 0.337 e. The van der Waals surface area contributed by atoms with E-state index in [9.17, 15) is 9.59 Å². The first-order chi connectivity index (χ1) is 19.7. The molecule has 1 fully saturated rings. The Hall–Kier alpha value is -3.24. The van der Waals surface area contributed by atoms with Gasteiger partial charge in [0.05, 0.1) is 42.1 Å².